The molecule has 0 bridgehead atoms. The molecule has 0 aromatic heterocycles. The van der Waals surface area contributed by atoms with E-state index in [1.54, 1.807) is 11.8 Å². The van der Waals surface area contributed by atoms with E-state index in [2.05, 4.69) is 50.4 Å². The number of hydrogen-bond acceptors (Lipinski definition) is 2. The van der Waals surface area contributed by atoms with Crippen molar-refractivity contribution in [2.45, 2.75) is 43.1 Å². The maximum absolute atomic E-state index is 6.03. The van der Waals surface area contributed by atoms with Gasteiger partial charge in [-0.15, -0.1) is 0 Å². The molecule has 0 unspecified atom stereocenters. The smallest absolute Gasteiger partial charge is 0.0417 e. The molecule has 0 radical (unpaired) electrons. The van der Waals surface area contributed by atoms with Crippen LogP contribution in [0.1, 0.15) is 25.0 Å². The van der Waals surface area contributed by atoms with E-state index in [4.69, 9.17) is 11.6 Å². The van der Waals surface area contributed by atoms with Gasteiger partial charge in [0.1, 0.15) is 0 Å². The minimum Gasteiger partial charge on any atom is -0.310 e. The Morgan fingerprint density at radius 3 is 2.60 bits per heavy atom. The minimum absolute atomic E-state index is 0.510. The third-order valence-electron chi connectivity index (χ3n) is 2.98. The van der Waals surface area contributed by atoms with Gasteiger partial charge in [-0.25, -0.2) is 0 Å². The van der Waals surface area contributed by atoms with Crippen LogP contribution in [-0.4, -0.2) is 6.04 Å². The summed E-state index contributed by atoms with van der Waals surface area (Å²) in [6, 6.07) is 15.1. The largest absolute Gasteiger partial charge is 0.310 e. The second-order valence-electron chi connectivity index (χ2n) is 5.19. The minimum atomic E-state index is 0.510. The van der Waals surface area contributed by atoms with Gasteiger partial charge >= 0.3 is 0 Å². The highest BCUT2D eigenvalue weighted by molar-refractivity contribution is 7.99. The normalized spacial score (nSPS) is 11.1. The van der Waals surface area contributed by atoms with Gasteiger partial charge in [-0.05, 0) is 42.3 Å². The van der Waals surface area contributed by atoms with Gasteiger partial charge in [0, 0.05) is 27.4 Å². The van der Waals surface area contributed by atoms with Crippen LogP contribution in [-0.2, 0) is 6.54 Å². The van der Waals surface area contributed by atoms with E-state index in [9.17, 15) is 0 Å². The standard InChI is InChI=1S/C17H20ClNS/c1-12(2)19-11-14-7-8-17(13(3)9-14)20-16-6-4-5-15(18)10-16/h4-10,12,19H,11H2,1-3H3. The lowest BCUT2D eigenvalue weighted by molar-refractivity contribution is 0.588. The van der Waals surface area contributed by atoms with Gasteiger partial charge in [0.15, 0.2) is 0 Å². The molecule has 2 aromatic rings. The van der Waals surface area contributed by atoms with Crippen LogP contribution in [0.25, 0.3) is 0 Å². The molecule has 106 valence electrons. The van der Waals surface area contributed by atoms with Crippen molar-refractivity contribution in [2.24, 2.45) is 0 Å². The fraction of sp³-hybridized carbons (Fsp3) is 0.294. The molecule has 0 saturated carbocycles. The van der Waals surface area contributed by atoms with E-state index in [-0.39, 0.29) is 0 Å². The van der Waals surface area contributed by atoms with E-state index < -0.39 is 0 Å². The molecule has 0 spiro atoms. The van der Waals surface area contributed by atoms with Crippen LogP contribution < -0.4 is 5.32 Å². The van der Waals surface area contributed by atoms with Crippen molar-refractivity contribution in [1.29, 1.82) is 0 Å². The van der Waals surface area contributed by atoms with Crippen molar-refractivity contribution in [3.63, 3.8) is 0 Å². The van der Waals surface area contributed by atoms with Crippen molar-refractivity contribution >= 4 is 23.4 Å². The molecular weight excluding hydrogens is 286 g/mol. The molecule has 1 N–H and O–H groups in total. The first kappa shape index (κ1) is 15.4. The Morgan fingerprint density at radius 2 is 1.95 bits per heavy atom. The lowest BCUT2D eigenvalue weighted by atomic mass is 10.1. The van der Waals surface area contributed by atoms with Gasteiger partial charge in [0.2, 0.25) is 0 Å². The van der Waals surface area contributed by atoms with Crippen LogP contribution in [0, 0.1) is 6.92 Å². The second-order valence-corrected chi connectivity index (χ2v) is 6.75. The highest BCUT2D eigenvalue weighted by Crippen LogP contribution is 2.31. The Bertz CT molecular complexity index is 581. The summed E-state index contributed by atoms with van der Waals surface area (Å²) in [4.78, 5) is 2.45. The van der Waals surface area contributed by atoms with Crippen molar-refractivity contribution in [3.8, 4) is 0 Å². The Kier molecular flexibility index (Phi) is 5.53. The summed E-state index contributed by atoms with van der Waals surface area (Å²) in [5.41, 5.74) is 2.63. The Morgan fingerprint density at radius 1 is 1.15 bits per heavy atom. The summed E-state index contributed by atoms with van der Waals surface area (Å²) in [7, 11) is 0. The fourth-order valence-electron chi connectivity index (χ4n) is 1.92. The molecule has 0 aliphatic carbocycles. The van der Waals surface area contributed by atoms with E-state index in [0.717, 1.165) is 11.6 Å². The van der Waals surface area contributed by atoms with Gasteiger partial charge < -0.3 is 5.32 Å². The summed E-state index contributed by atoms with van der Waals surface area (Å²) in [6.07, 6.45) is 0. The van der Waals surface area contributed by atoms with Crippen LogP contribution in [0.4, 0.5) is 0 Å². The van der Waals surface area contributed by atoms with E-state index in [1.165, 1.54) is 20.9 Å². The zero-order chi connectivity index (χ0) is 14.5. The zero-order valence-electron chi connectivity index (χ0n) is 12.1. The summed E-state index contributed by atoms with van der Waals surface area (Å²) in [6.45, 7) is 7.40. The molecular formula is C17H20ClNS. The van der Waals surface area contributed by atoms with E-state index in [1.807, 2.05) is 18.2 Å². The quantitative estimate of drug-likeness (QED) is 0.804. The predicted molar refractivity (Wildman–Crippen MR) is 88.7 cm³/mol. The number of rotatable bonds is 5. The van der Waals surface area contributed by atoms with Crippen LogP contribution in [0.15, 0.2) is 52.3 Å². The molecule has 2 rings (SSSR count). The highest BCUT2D eigenvalue weighted by atomic mass is 35.5. The van der Waals surface area contributed by atoms with Crippen LogP contribution in [0.3, 0.4) is 0 Å². The Hall–Kier alpha value is -0.960. The van der Waals surface area contributed by atoms with Gasteiger partial charge in [0.05, 0.1) is 0 Å². The molecule has 1 nitrogen and oxygen atoms in total. The lowest BCUT2D eigenvalue weighted by Crippen LogP contribution is -2.21. The molecule has 0 atom stereocenters. The van der Waals surface area contributed by atoms with Gasteiger partial charge in [-0.3, -0.25) is 0 Å². The number of benzene rings is 2. The first-order chi connectivity index (χ1) is 9.54. The molecule has 0 aliphatic heterocycles. The average Bonchev–Trinajstić information content (AvgIpc) is 2.39. The summed E-state index contributed by atoms with van der Waals surface area (Å²) in [5, 5.41) is 4.22. The van der Waals surface area contributed by atoms with Crippen LogP contribution >= 0.6 is 23.4 Å². The molecule has 0 aliphatic rings. The third kappa shape index (κ3) is 4.55. The summed E-state index contributed by atoms with van der Waals surface area (Å²) < 4.78 is 0. The molecule has 2 aromatic carbocycles. The first-order valence-electron chi connectivity index (χ1n) is 6.81. The fourth-order valence-corrected chi connectivity index (χ4v) is 3.11. The highest BCUT2D eigenvalue weighted by Gasteiger charge is 2.04. The Balaban J connectivity index is 2.09. The number of nitrogens with one attached hydrogen (secondary N) is 1. The molecule has 3 heteroatoms. The number of halogens is 1. The SMILES string of the molecule is Cc1cc(CNC(C)C)ccc1Sc1cccc(Cl)c1. The molecule has 0 amide bonds. The number of aryl methyl sites for hydroxylation is 1. The summed E-state index contributed by atoms with van der Waals surface area (Å²) >= 11 is 7.78. The maximum Gasteiger partial charge on any atom is 0.0417 e. The van der Waals surface area contributed by atoms with Gasteiger partial charge in [-0.2, -0.15) is 0 Å². The van der Waals surface area contributed by atoms with E-state index in [0.29, 0.717) is 6.04 Å². The average molecular weight is 306 g/mol. The Labute approximate surface area is 130 Å². The van der Waals surface area contributed by atoms with E-state index >= 15 is 0 Å². The second kappa shape index (κ2) is 7.16. The van der Waals surface area contributed by atoms with Crippen molar-refractivity contribution in [2.75, 3.05) is 0 Å². The summed E-state index contributed by atoms with van der Waals surface area (Å²) in [5.74, 6) is 0. The van der Waals surface area contributed by atoms with Crippen LogP contribution in [0.5, 0.6) is 0 Å². The topological polar surface area (TPSA) is 12.0 Å². The predicted octanol–water partition coefficient (Wildman–Crippen LogP) is 5.30. The van der Waals surface area contributed by atoms with Gasteiger partial charge in [-0.1, -0.05) is 55.4 Å². The monoisotopic (exact) mass is 305 g/mol. The first-order valence-corrected chi connectivity index (χ1v) is 8.00. The van der Waals surface area contributed by atoms with Crippen LogP contribution in [0.2, 0.25) is 5.02 Å². The zero-order valence-corrected chi connectivity index (χ0v) is 13.7. The van der Waals surface area contributed by atoms with Crippen molar-refractivity contribution in [1.82, 2.24) is 5.32 Å². The lowest BCUT2D eigenvalue weighted by Gasteiger charge is -2.11. The van der Waals surface area contributed by atoms with Crippen molar-refractivity contribution in [3.05, 3.63) is 58.6 Å². The third-order valence-corrected chi connectivity index (χ3v) is 4.38. The molecule has 0 heterocycles. The number of hydrogen-bond donors (Lipinski definition) is 1. The molecule has 0 fully saturated rings. The maximum atomic E-state index is 6.03. The molecule has 0 saturated heterocycles. The van der Waals surface area contributed by atoms with Crippen molar-refractivity contribution < 1.29 is 0 Å². The molecule has 20 heavy (non-hydrogen) atoms. The van der Waals surface area contributed by atoms with Gasteiger partial charge in [0.25, 0.3) is 0 Å².